The fraction of sp³-hybridized carbons (Fsp3) is 0.538. The van der Waals surface area contributed by atoms with Crippen LogP contribution >= 0.6 is 0 Å². The van der Waals surface area contributed by atoms with Crippen molar-refractivity contribution in [2.75, 3.05) is 26.2 Å². The van der Waals surface area contributed by atoms with Crippen molar-refractivity contribution in [2.45, 2.75) is 19.9 Å². The number of nitrogens with zero attached hydrogens (tertiary/aromatic N) is 2. The summed E-state index contributed by atoms with van der Waals surface area (Å²) in [5, 5.41) is 3.19. The number of amides is 1. The van der Waals surface area contributed by atoms with Crippen molar-refractivity contribution in [3.63, 3.8) is 0 Å². The minimum Gasteiger partial charge on any atom is -0.336 e. The van der Waals surface area contributed by atoms with Crippen LogP contribution in [-0.2, 0) is 0 Å². The number of hydrogen-bond donors (Lipinski definition) is 1. The molecular weight excluding hydrogens is 230 g/mol. The summed E-state index contributed by atoms with van der Waals surface area (Å²) in [6, 6.07) is 3.44. The van der Waals surface area contributed by atoms with Gasteiger partial charge in [0.2, 0.25) is 0 Å². The molecule has 0 aromatic carbocycles. The van der Waals surface area contributed by atoms with Crippen LogP contribution < -0.4 is 10.9 Å². The van der Waals surface area contributed by atoms with E-state index in [9.17, 15) is 9.59 Å². The van der Waals surface area contributed by atoms with E-state index >= 15 is 0 Å². The van der Waals surface area contributed by atoms with Crippen molar-refractivity contribution in [1.29, 1.82) is 0 Å². The van der Waals surface area contributed by atoms with Gasteiger partial charge in [-0.2, -0.15) is 0 Å². The average Bonchev–Trinajstić information content (AvgIpc) is 2.39. The van der Waals surface area contributed by atoms with Crippen LogP contribution in [0, 0.1) is 0 Å². The molecule has 1 amide bonds. The Morgan fingerprint density at radius 1 is 1.33 bits per heavy atom. The van der Waals surface area contributed by atoms with Gasteiger partial charge < -0.3 is 14.8 Å². The van der Waals surface area contributed by atoms with E-state index < -0.39 is 0 Å². The molecular formula is C13H19N3O2. The van der Waals surface area contributed by atoms with Gasteiger partial charge in [-0.05, 0) is 26.0 Å². The van der Waals surface area contributed by atoms with Crippen LogP contribution in [0.5, 0.6) is 0 Å². The quantitative estimate of drug-likeness (QED) is 0.829. The van der Waals surface area contributed by atoms with E-state index in [0.717, 1.165) is 13.1 Å². The zero-order chi connectivity index (χ0) is 13.1. The number of pyridine rings is 1. The summed E-state index contributed by atoms with van der Waals surface area (Å²) in [4.78, 5) is 26.2. The molecule has 1 aromatic rings. The van der Waals surface area contributed by atoms with Gasteiger partial charge in [0, 0.05) is 38.4 Å². The van der Waals surface area contributed by atoms with Gasteiger partial charge in [-0.1, -0.05) is 0 Å². The van der Waals surface area contributed by atoms with Gasteiger partial charge in [0.1, 0.15) is 5.56 Å². The summed E-state index contributed by atoms with van der Waals surface area (Å²) in [5.41, 5.74) is 0.0733. The Bertz CT molecular complexity index is 487. The highest BCUT2D eigenvalue weighted by Gasteiger charge is 2.21. The molecule has 18 heavy (non-hydrogen) atoms. The molecule has 5 nitrogen and oxygen atoms in total. The summed E-state index contributed by atoms with van der Waals surface area (Å²) in [7, 11) is 0. The third-order valence-corrected chi connectivity index (χ3v) is 3.17. The second kappa shape index (κ2) is 5.35. The molecule has 0 unspecified atom stereocenters. The van der Waals surface area contributed by atoms with Crippen molar-refractivity contribution >= 4 is 5.91 Å². The smallest absolute Gasteiger partial charge is 0.263 e. The van der Waals surface area contributed by atoms with Crippen molar-refractivity contribution in [1.82, 2.24) is 14.8 Å². The zero-order valence-corrected chi connectivity index (χ0v) is 10.8. The van der Waals surface area contributed by atoms with Crippen LogP contribution in [0.4, 0.5) is 0 Å². The van der Waals surface area contributed by atoms with E-state index in [1.807, 2.05) is 13.8 Å². The fourth-order valence-electron chi connectivity index (χ4n) is 2.12. The standard InChI is InChI=1S/C13H19N3O2/c1-10(2)16-7-3-4-11(13(16)18)12(17)15-8-5-14-6-9-15/h3-4,7,10,14H,5-6,8-9H2,1-2H3. The second-order valence-corrected chi connectivity index (χ2v) is 4.77. The van der Waals surface area contributed by atoms with Crippen LogP contribution in [0.3, 0.4) is 0 Å². The van der Waals surface area contributed by atoms with Crippen molar-refractivity contribution < 1.29 is 4.79 Å². The zero-order valence-electron chi connectivity index (χ0n) is 10.8. The van der Waals surface area contributed by atoms with Crippen LogP contribution in [0.2, 0.25) is 0 Å². The monoisotopic (exact) mass is 249 g/mol. The molecule has 0 bridgehead atoms. The van der Waals surface area contributed by atoms with Gasteiger partial charge in [0.25, 0.3) is 11.5 Å². The number of nitrogens with one attached hydrogen (secondary N) is 1. The number of piperazine rings is 1. The third-order valence-electron chi connectivity index (χ3n) is 3.17. The lowest BCUT2D eigenvalue weighted by Crippen LogP contribution is -2.47. The van der Waals surface area contributed by atoms with Crippen LogP contribution in [-0.4, -0.2) is 41.6 Å². The number of hydrogen-bond acceptors (Lipinski definition) is 3. The molecule has 1 fully saturated rings. The van der Waals surface area contributed by atoms with E-state index in [0.29, 0.717) is 13.1 Å². The van der Waals surface area contributed by atoms with E-state index in [1.54, 1.807) is 27.8 Å². The predicted molar refractivity (Wildman–Crippen MR) is 69.9 cm³/mol. The Morgan fingerprint density at radius 3 is 2.61 bits per heavy atom. The first-order chi connectivity index (χ1) is 8.61. The first kappa shape index (κ1) is 12.8. The minimum absolute atomic E-state index is 0.0632. The SMILES string of the molecule is CC(C)n1cccc(C(=O)N2CCNCC2)c1=O. The Morgan fingerprint density at radius 2 is 2.00 bits per heavy atom. The Hall–Kier alpha value is -1.62. The topological polar surface area (TPSA) is 54.3 Å². The molecule has 0 saturated carbocycles. The number of rotatable bonds is 2. The maximum atomic E-state index is 12.3. The summed E-state index contributed by atoms with van der Waals surface area (Å²) in [6.07, 6.45) is 1.72. The van der Waals surface area contributed by atoms with Crippen molar-refractivity contribution in [3.8, 4) is 0 Å². The average molecular weight is 249 g/mol. The van der Waals surface area contributed by atoms with E-state index in [2.05, 4.69) is 5.32 Å². The Labute approximate surface area is 106 Å². The molecule has 1 saturated heterocycles. The van der Waals surface area contributed by atoms with Gasteiger partial charge >= 0.3 is 0 Å². The highest BCUT2D eigenvalue weighted by molar-refractivity contribution is 5.93. The van der Waals surface area contributed by atoms with Crippen LogP contribution in [0.25, 0.3) is 0 Å². The first-order valence-corrected chi connectivity index (χ1v) is 6.32. The normalized spacial score (nSPS) is 16.1. The predicted octanol–water partition coefficient (Wildman–Crippen LogP) is 0.475. The molecule has 2 rings (SSSR count). The van der Waals surface area contributed by atoms with E-state index in [-0.39, 0.29) is 23.1 Å². The molecule has 1 N–H and O–H groups in total. The number of carbonyl (C=O) groups excluding carboxylic acids is 1. The number of aromatic nitrogens is 1. The lowest BCUT2D eigenvalue weighted by Gasteiger charge is -2.27. The van der Waals surface area contributed by atoms with Crippen LogP contribution in [0.15, 0.2) is 23.1 Å². The molecule has 1 aliphatic heterocycles. The molecule has 1 aromatic heterocycles. The van der Waals surface area contributed by atoms with Gasteiger partial charge in [-0.25, -0.2) is 0 Å². The maximum Gasteiger partial charge on any atom is 0.263 e. The molecule has 0 spiro atoms. The fourth-order valence-corrected chi connectivity index (χ4v) is 2.12. The lowest BCUT2D eigenvalue weighted by atomic mass is 10.2. The number of carbonyl (C=O) groups is 1. The molecule has 0 aliphatic carbocycles. The minimum atomic E-state index is -0.198. The molecule has 98 valence electrons. The molecule has 2 heterocycles. The van der Waals surface area contributed by atoms with Gasteiger partial charge in [0.05, 0.1) is 0 Å². The van der Waals surface area contributed by atoms with Gasteiger partial charge in [-0.15, -0.1) is 0 Å². The molecule has 5 heteroatoms. The summed E-state index contributed by atoms with van der Waals surface area (Å²) in [6.45, 7) is 6.76. The second-order valence-electron chi connectivity index (χ2n) is 4.77. The van der Waals surface area contributed by atoms with Crippen molar-refractivity contribution in [3.05, 3.63) is 34.2 Å². The van der Waals surface area contributed by atoms with Gasteiger partial charge in [-0.3, -0.25) is 9.59 Å². The van der Waals surface area contributed by atoms with Crippen molar-refractivity contribution in [2.24, 2.45) is 0 Å². The first-order valence-electron chi connectivity index (χ1n) is 6.32. The Kier molecular flexibility index (Phi) is 3.81. The van der Waals surface area contributed by atoms with E-state index in [1.165, 1.54) is 0 Å². The molecule has 0 radical (unpaired) electrons. The van der Waals surface area contributed by atoms with Crippen LogP contribution in [0.1, 0.15) is 30.2 Å². The highest BCUT2D eigenvalue weighted by atomic mass is 16.2. The summed E-state index contributed by atoms with van der Waals surface area (Å²) in [5.74, 6) is -0.156. The lowest BCUT2D eigenvalue weighted by molar-refractivity contribution is 0.0733. The highest BCUT2D eigenvalue weighted by Crippen LogP contribution is 2.05. The van der Waals surface area contributed by atoms with E-state index in [4.69, 9.17) is 0 Å². The summed E-state index contributed by atoms with van der Waals surface area (Å²) >= 11 is 0. The largest absolute Gasteiger partial charge is 0.336 e. The molecule has 0 atom stereocenters. The summed E-state index contributed by atoms with van der Waals surface area (Å²) < 4.78 is 1.59. The molecule has 1 aliphatic rings. The Balaban J connectivity index is 2.30. The van der Waals surface area contributed by atoms with Gasteiger partial charge in [0.15, 0.2) is 0 Å². The third kappa shape index (κ3) is 2.46. The maximum absolute atomic E-state index is 12.3.